The van der Waals surface area contributed by atoms with E-state index in [1.807, 2.05) is 0 Å². The maximum Gasteiger partial charge on any atom is 0.322 e. The molecule has 0 spiro atoms. The molecule has 3 rings (SSSR count). The Morgan fingerprint density at radius 3 is 2.52 bits per heavy atom. The monoisotopic (exact) mass is 368 g/mol. The number of imide groups is 1. The van der Waals surface area contributed by atoms with Crippen LogP contribution in [0.3, 0.4) is 0 Å². The van der Waals surface area contributed by atoms with Gasteiger partial charge in [0.25, 0.3) is 17.5 Å². The van der Waals surface area contributed by atoms with Crippen LogP contribution in [0, 0.1) is 17.0 Å². The van der Waals surface area contributed by atoms with Gasteiger partial charge in [0.2, 0.25) is 0 Å². The Hall–Kier alpha value is -3.75. The Bertz CT molecular complexity index is 987. The second-order valence-corrected chi connectivity index (χ2v) is 6.33. The van der Waals surface area contributed by atoms with Gasteiger partial charge in [-0.3, -0.25) is 25.0 Å². The van der Waals surface area contributed by atoms with Gasteiger partial charge in [0, 0.05) is 22.9 Å². The summed E-state index contributed by atoms with van der Waals surface area (Å²) >= 11 is 0. The van der Waals surface area contributed by atoms with Gasteiger partial charge in [0.1, 0.15) is 5.54 Å². The first-order valence-corrected chi connectivity index (χ1v) is 8.01. The van der Waals surface area contributed by atoms with Crippen molar-refractivity contribution >= 4 is 29.2 Å². The number of nitro benzene ring substituents is 1. The molecule has 9 nitrogen and oxygen atoms in total. The minimum absolute atomic E-state index is 0.0653. The van der Waals surface area contributed by atoms with Crippen molar-refractivity contribution in [3.8, 4) is 0 Å². The van der Waals surface area contributed by atoms with Crippen molar-refractivity contribution in [2.45, 2.75) is 19.4 Å². The van der Waals surface area contributed by atoms with E-state index in [0.29, 0.717) is 16.8 Å². The summed E-state index contributed by atoms with van der Waals surface area (Å²) in [5.74, 6) is -0.933. The zero-order valence-electron chi connectivity index (χ0n) is 14.5. The van der Waals surface area contributed by atoms with Crippen LogP contribution in [-0.2, 0) is 10.3 Å². The predicted molar refractivity (Wildman–Crippen MR) is 96.3 cm³/mol. The summed E-state index contributed by atoms with van der Waals surface area (Å²) in [4.78, 5) is 46.3. The van der Waals surface area contributed by atoms with Crippen LogP contribution in [0.1, 0.15) is 28.4 Å². The highest BCUT2D eigenvalue weighted by Crippen LogP contribution is 2.27. The SMILES string of the molecule is Cc1cc(C(=O)Nc2cccc(C3(C)NC(=O)NC3=O)c2)ccc1[N+](=O)[O-]. The Morgan fingerprint density at radius 1 is 1.19 bits per heavy atom. The molecule has 2 aromatic rings. The lowest BCUT2D eigenvalue weighted by molar-refractivity contribution is -0.385. The van der Waals surface area contributed by atoms with Crippen molar-refractivity contribution in [1.82, 2.24) is 10.6 Å². The summed E-state index contributed by atoms with van der Waals surface area (Å²) in [5.41, 5.74) is 0.263. The molecule has 0 aliphatic carbocycles. The molecule has 138 valence electrons. The normalized spacial score (nSPS) is 18.6. The number of anilines is 1. The fourth-order valence-electron chi connectivity index (χ4n) is 2.86. The lowest BCUT2D eigenvalue weighted by Crippen LogP contribution is -2.40. The van der Waals surface area contributed by atoms with Crippen LogP contribution in [0.5, 0.6) is 0 Å². The zero-order valence-corrected chi connectivity index (χ0v) is 14.5. The van der Waals surface area contributed by atoms with E-state index >= 15 is 0 Å². The lowest BCUT2D eigenvalue weighted by Gasteiger charge is -2.21. The van der Waals surface area contributed by atoms with Crippen molar-refractivity contribution < 1.29 is 19.3 Å². The summed E-state index contributed by atoms with van der Waals surface area (Å²) in [6.07, 6.45) is 0. The fraction of sp³-hybridized carbons (Fsp3) is 0.167. The van der Waals surface area contributed by atoms with Crippen molar-refractivity contribution in [3.63, 3.8) is 0 Å². The number of hydrogen-bond donors (Lipinski definition) is 3. The highest BCUT2D eigenvalue weighted by molar-refractivity contribution is 6.08. The van der Waals surface area contributed by atoms with Crippen LogP contribution in [-0.4, -0.2) is 22.8 Å². The average molecular weight is 368 g/mol. The molecular formula is C18H16N4O5. The Balaban J connectivity index is 1.84. The third-order valence-corrected chi connectivity index (χ3v) is 4.40. The van der Waals surface area contributed by atoms with Gasteiger partial charge < -0.3 is 10.6 Å². The highest BCUT2D eigenvalue weighted by Gasteiger charge is 2.43. The van der Waals surface area contributed by atoms with Crippen molar-refractivity contribution in [1.29, 1.82) is 0 Å². The van der Waals surface area contributed by atoms with Crippen LogP contribution in [0.4, 0.5) is 16.2 Å². The largest absolute Gasteiger partial charge is 0.322 e. The molecule has 1 saturated heterocycles. The molecule has 1 atom stereocenters. The smallest absolute Gasteiger partial charge is 0.322 e. The first kappa shape index (κ1) is 18.1. The van der Waals surface area contributed by atoms with E-state index in [4.69, 9.17) is 0 Å². The fourth-order valence-corrected chi connectivity index (χ4v) is 2.86. The van der Waals surface area contributed by atoms with E-state index in [0.717, 1.165) is 0 Å². The first-order valence-electron chi connectivity index (χ1n) is 8.01. The number of urea groups is 1. The van der Waals surface area contributed by atoms with E-state index in [1.165, 1.54) is 18.2 Å². The van der Waals surface area contributed by atoms with E-state index in [-0.39, 0.29) is 11.3 Å². The molecule has 0 bridgehead atoms. The summed E-state index contributed by atoms with van der Waals surface area (Å²) in [6.45, 7) is 3.12. The molecule has 1 unspecified atom stereocenters. The molecule has 1 aliphatic heterocycles. The molecule has 4 amide bonds. The minimum Gasteiger partial charge on any atom is -0.322 e. The van der Waals surface area contributed by atoms with E-state index < -0.39 is 28.3 Å². The van der Waals surface area contributed by atoms with Crippen LogP contribution in [0.25, 0.3) is 0 Å². The maximum absolute atomic E-state index is 12.4. The summed E-state index contributed by atoms with van der Waals surface area (Å²) in [7, 11) is 0. The summed E-state index contributed by atoms with van der Waals surface area (Å²) < 4.78 is 0. The van der Waals surface area contributed by atoms with Crippen LogP contribution >= 0.6 is 0 Å². The number of nitro groups is 1. The molecular weight excluding hydrogens is 352 g/mol. The molecule has 9 heteroatoms. The second-order valence-electron chi connectivity index (χ2n) is 6.33. The van der Waals surface area contributed by atoms with E-state index in [1.54, 1.807) is 38.1 Å². The maximum atomic E-state index is 12.4. The number of nitrogens with zero attached hydrogens (tertiary/aromatic N) is 1. The third kappa shape index (κ3) is 3.34. The van der Waals surface area contributed by atoms with Gasteiger partial charge in [0.05, 0.1) is 4.92 Å². The first-order chi connectivity index (χ1) is 12.7. The number of hydrogen-bond acceptors (Lipinski definition) is 5. The second kappa shape index (κ2) is 6.52. The van der Waals surface area contributed by atoms with Gasteiger partial charge >= 0.3 is 6.03 Å². The third-order valence-electron chi connectivity index (χ3n) is 4.40. The molecule has 1 fully saturated rings. The molecule has 2 aromatic carbocycles. The number of nitrogens with one attached hydrogen (secondary N) is 3. The van der Waals surface area contributed by atoms with Gasteiger partial charge in [-0.25, -0.2) is 4.79 Å². The number of rotatable bonds is 4. The Kier molecular flexibility index (Phi) is 4.36. The van der Waals surface area contributed by atoms with Gasteiger partial charge in [-0.15, -0.1) is 0 Å². The molecule has 1 aliphatic rings. The molecule has 0 aromatic heterocycles. The van der Waals surface area contributed by atoms with Gasteiger partial charge in [-0.2, -0.15) is 0 Å². The lowest BCUT2D eigenvalue weighted by atomic mass is 9.92. The molecule has 0 saturated carbocycles. The number of aryl methyl sites for hydroxylation is 1. The number of carbonyl (C=O) groups is 3. The van der Waals surface area contributed by atoms with E-state index in [9.17, 15) is 24.5 Å². The standard InChI is InChI=1S/C18H16N4O5/c1-10-8-11(6-7-14(10)22(26)27)15(23)19-13-5-3-4-12(9-13)18(2)16(24)20-17(25)21-18/h3-9H,1-2H3,(H,19,23)(H2,20,21,24,25). The molecule has 1 heterocycles. The van der Waals surface area contributed by atoms with Gasteiger partial charge in [0.15, 0.2) is 0 Å². The summed E-state index contributed by atoms with van der Waals surface area (Å²) in [5, 5.41) is 18.3. The Morgan fingerprint density at radius 2 is 1.93 bits per heavy atom. The van der Waals surface area contributed by atoms with Gasteiger partial charge in [-0.05, 0) is 43.7 Å². The van der Waals surface area contributed by atoms with E-state index in [2.05, 4.69) is 16.0 Å². The Labute approximate surface area is 153 Å². The quantitative estimate of drug-likeness (QED) is 0.433. The topological polar surface area (TPSA) is 130 Å². The van der Waals surface area contributed by atoms with Gasteiger partial charge in [-0.1, -0.05) is 12.1 Å². The number of amides is 4. The minimum atomic E-state index is -1.23. The highest BCUT2D eigenvalue weighted by atomic mass is 16.6. The zero-order chi connectivity index (χ0) is 19.8. The molecule has 27 heavy (non-hydrogen) atoms. The van der Waals surface area contributed by atoms with Crippen molar-refractivity contribution in [2.75, 3.05) is 5.32 Å². The number of benzene rings is 2. The summed E-state index contributed by atoms with van der Waals surface area (Å²) in [6, 6.07) is 10.0. The van der Waals surface area contributed by atoms with Crippen molar-refractivity contribution in [2.24, 2.45) is 0 Å². The van der Waals surface area contributed by atoms with Crippen LogP contribution in [0.15, 0.2) is 42.5 Å². The van der Waals surface area contributed by atoms with Crippen LogP contribution < -0.4 is 16.0 Å². The van der Waals surface area contributed by atoms with Crippen molar-refractivity contribution in [3.05, 3.63) is 69.3 Å². The molecule has 0 radical (unpaired) electrons. The molecule has 3 N–H and O–H groups in total. The van der Waals surface area contributed by atoms with Crippen LogP contribution in [0.2, 0.25) is 0 Å². The average Bonchev–Trinajstić information content (AvgIpc) is 2.87. The number of carbonyl (C=O) groups excluding carboxylic acids is 3. The predicted octanol–water partition coefficient (Wildman–Crippen LogP) is 2.21.